The highest BCUT2D eigenvalue weighted by atomic mass is 16.5. The van der Waals surface area contributed by atoms with E-state index in [0.717, 1.165) is 0 Å². The third-order valence-electron chi connectivity index (χ3n) is 1.80. The van der Waals surface area contributed by atoms with E-state index in [-0.39, 0.29) is 24.9 Å². The Balaban J connectivity index is 2.42. The lowest BCUT2D eigenvalue weighted by atomic mass is 10.1. The summed E-state index contributed by atoms with van der Waals surface area (Å²) in [6, 6.07) is 8.91. The van der Waals surface area contributed by atoms with Gasteiger partial charge in [0.2, 0.25) is 0 Å². The van der Waals surface area contributed by atoms with E-state index in [4.69, 9.17) is 9.84 Å². The number of esters is 1. The Morgan fingerprint density at radius 1 is 1.43 bits per heavy atom. The maximum Gasteiger partial charge on any atom is 0.311 e. The Morgan fingerprint density at radius 2 is 2.07 bits per heavy atom. The number of para-hydroxylation sites is 1. The van der Waals surface area contributed by atoms with Crippen LogP contribution in [0.3, 0.4) is 0 Å². The average molecular weight is 194 g/mol. The van der Waals surface area contributed by atoms with Gasteiger partial charge in [0.15, 0.2) is 0 Å². The van der Waals surface area contributed by atoms with Gasteiger partial charge in [0.25, 0.3) is 0 Å². The fourth-order valence-corrected chi connectivity index (χ4v) is 1.01. The number of hydrogen-bond donors (Lipinski definition) is 1. The molecule has 0 aliphatic carbocycles. The fraction of sp³-hybridized carbons (Fsp3) is 0.364. The van der Waals surface area contributed by atoms with Crippen LogP contribution in [-0.2, 0) is 4.79 Å². The molecular formula is C11H14O3. The predicted octanol–water partition coefficient (Wildman–Crippen LogP) is 1.61. The van der Waals surface area contributed by atoms with E-state index in [9.17, 15) is 4.79 Å². The van der Waals surface area contributed by atoms with Gasteiger partial charge in [-0.2, -0.15) is 0 Å². The van der Waals surface area contributed by atoms with Crippen LogP contribution < -0.4 is 4.74 Å². The van der Waals surface area contributed by atoms with Gasteiger partial charge < -0.3 is 9.84 Å². The normalized spacial score (nSPS) is 12.1. The van der Waals surface area contributed by atoms with E-state index in [1.807, 2.05) is 6.07 Å². The summed E-state index contributed by atoms with van der Waals surface area (Å²) in [4.78, 5) is 11.2. The molecule has 0 amide bonds. The standard InChI is InChI=1S/C11H14O3/c1-9(8-12)7-11(13)14-10-5-3-2-4-6-10/h2-6,9,12H,7-8H2,1H3. The number of carbonyl (C=O) groups is 1. The van der Waals surface area contributed by atoms with Gasteiger partial charge in [0.1, 0.15) is 5.75 Å². The zero-order valence-electron chi connectivity index (χ0n) is 8.14. The van der Waals surface area contributed by atoms with Crippen molar-refractivity contribution < 1.29 is 14.6 Å². The van der Waals surface area contributed by atoms with Gasteiger partial charge in [-0.25, -0.2) is 0 Å². The monoisotopic (exact) mass is 194 g/mol. The van der Waals surface area contributed by atoms with Gasteiger partial charge in [-0.1, -0.05) is 25.1 Å². The number of aliphatic hydroxyl groups is 1. The second kappa shape index (κ2) is 5.40. The molecule has 1 unspecified atom stereocenters. The lowest BCUT2D eigenvalue weighted by Gasteiger charge is -2.07. The summed E-state index contributed by atoms with van der Waals surface area (Å²) in [5.74, 6) is 0.187. The minimum atomic E-state index is -0.308. The molecule has 0 saturated heterocycles. The maximum absolute atomic E-state index is 11.2. The summed E-state index contributed by atoms with van der Waals surface area (Å²) >= 11 is 0. The van der Waals surface area contributed by atoms with Crippen LogP contribution in [0, 0.1) is 5.92 Å². The number of benzene rings is 1. The molecule has 0 aliphatic heterocycles. The fourth-order valence-electron chi connectivity index (χ4n) is 1.01. The van der Waals surface area contributed by atoms with E-state index in [1.165, 1.54) is 0 Å². The Morgan fingerprint density at radius 3 is 2.64 bits per heavy atom. The largest absolute Gasteiger partial charge is 0.427 e. The van der Waals surface area contributed by atoms with E-state index in [0.29, 0.717) is 5.75 Å². The van der Waals surface area contributed by atoms with Crippen LogP contribution in [0.5, 0.6) is 5.75 Å². The van der Waals surface area contributed by atoms with Crippen molar-refractivity contribution in [1.29, 1.82) is 0 Å². The minimum Gasteiger partial charge on any atom is -0.427 e. The second-order valence-electron chi connectivity index (χ2n) is 3.28. The van der Waals surface area contributed by atoms with Gasteiger partial charge in [0.05, 0.1) is 6.42 Å². The third kappa shape index (κ3) is 3.58. The topological polar surface area (TPSA) is 46.5 Å². The van der Waals surface area contributed by atoms with Crippen LogP contribution in [-0.4, -0.2) is 17.7 Å². The second-order valence-corrected chi connectivity index (χ2v) is 3.28. The first-order chi connectivity index (χ1) is 6.72. The van der Waals surface area contributed by atoms with Crippen LogP contribution in [0.4, 0.5) is 0 Å². The third-order valence-corrected chi connectivity index (χ3v) is 1.80. The zero-order chi connectivity index (χ0) is 10.4. The number of ether oxygens (including phenoxy) is 1. The molecule has 3 heteroatoms. The van der Waals surface area contributed by atoms with E-state index in [2.05, 4.69) is 0 Å². The first-order valence-corrected chi connectivity index (χ1v) is 4.59. The molecule has 1 aromatic rings. The van der Waals surface area contributed by atoms with Crippen molar-refractivity contribution in [1.82, 2.24) is 0 Å². The highest BCUT2D eigenvalue weighted by molar-refractivity contribution is 5.72. The molecule has 0 bridgehead atoms. The van der Waals surface area contributed by atoms with Crippen molar-refractivity contribution in [3.05, 3.63) is 30.3 Å². The number of carbonyl (C=O) groups excluding carboxylic acids is 1. The van der Waals surface area contributed by atoms with Gasteiger partial charge in [0, 0.05) is 6.61 Å². The van der Waals surface area contributed by atoms with Crippen LogP contribution in [0.25, 0.3) is 0 Å². The number of hydrogen-bond acceptors (Lipinski definition) is 3. The lowest BCUT2D eigenvalue weighted by Crippen LogP contribution is -2.14. The molecule has 3 nitrogen and oxygen atoms in total. The van der Waals surface area contributed by atoms with Gasteiger partial charge >= 0.3 is 5.97 Å². The molecule has 0 aliphatic rings. The number of rotatable bonds is 4. The van der Waals surface area contributed by atoms with Crippen LogP contribution in [0.1, 0.15) is 13.3 Å². The predicted molar refractivity (Wildman–Crippen MR) is 52.9 cm³/mol. The summed E-state index contributed by atoms with van der Waals surface area (Å²) in [6.07, 6.45) is 0.241. The van der Waals surface area contributed by atoms with Gasteiger partial charge in [-0.15, -0.1) is 0 Å². The minimum absolute atomic E-state index is 0.00386. The lowest BCUT2D eigenvalue weighted by molar-refractivity contribution is -0.135. The summed E-state index contributed by atoms with van der Waals surface area (Å²) < 4.78 is 5.04. The molecule has 0 fully saturated rings. The van der Waals surface area contributed by atoms with Crippen molar-refractivity contribution in [2.45, 2.75) is 13.3 Å². The summed E-state index contributed by atoms with van der Waals surface area (Å²) in [5.41, 5.74) is 0. The summed E-state index contributed by atoms with van der Waals surface area (Å²) in [6.45, 7) is 1.80. The average Bonchev–Trinajstić information content (AvgIpc) is 2.19. The van der Waals surface area contributed by atoms with Gasteiger partial charge in [-0.3, -0.25) is 4.79 Å². The smallest absolute Gasteiger partial charge is 0.311 e. The van der Waals surface area contributed by atoms with Crippen molar-refractivity contribution in [3.63, 3.8) is 0 Å². The molecule has 0 spiro atoms. The Bertz CT molecular complexity index is 282. The van der Waals surface area contributed by atoms with Crippen LogP contribution in [0.15, 0.2) is 30.3 Å². The molecule has 0 aromatic heterocycles. The van der Waals surface area contributed by atoms with Crippen molar-refractivity contribution >= 4 is 5.97 Å². The first-order valence-electron chi connectivity index (χ1n) is 4.59. The zero-order valence-corrected chi connectivity index (χ0v) is 8.14. The van der Waals surface area contributed by atoms with Crippen molar-refractivity contribution in [3.8, 4) is 5.75 Å². The molecule has 1 rings (SSSR count). The SMILES string of the molecule is CC(CO)CC(=O)Oc1ccccc1. The molecule has 76 valence electrons. The van der Waals surface area contributed by atoms with Crippen molar-refractivity contribution in [2.75, 3.05) is 6.61 Å². The summed E-state index contributed by atoms with van der Waals surface area (Å²) in [7, 11) is 0. The highest BCUT2D eigenvalue weighted by Gasteiger charge is 2.09. The van der Waals surface area contributed by atoms with E-state index < -0.39 is 0 Å². The Labute approximate surface area is 83.3 Å². The molecule has 0 radical (unpaired) electrons. The molecular weight excluding hydrogens is 180 g/mol. The van der Waals surface area contributed by atoms with Gasteiger partial charge in [-0.05, 0) is 18.1 Å². The first kappa shape index (κ1) is 10.7. The van der Waals surface area contributed by atoms with Crippen LogP contribution >= 0.6 is 0 Å². The molecule has 0 heterocycles. The molecule has 0 saturated carbocycles. The molecule has 14 heavy (non-hydrogen) atoms. The van der Waals surface area contributed by atoms with Crippen molar-refractivity contribution in [2.24, 2.45) is 5.92 Å². The Hall–Kier alpha value is -1.35. The highest BCUT2D eigenvalue weighted by Crippen LogP contribution is 2.11. The molecule has 1 atom stereocenters. The maximum atomic E-state index is 11.2. The Kier molecular flexibility index (Phi) is 4.13. The quantitative estimate of drug-likeness (QED) is 0.585. The number of aliphatic hydroxyl groups excluding tert-OH is 1. The molecule has 1 N–H and O–H groups in total. The van der Waals surface area contributed by atoms with E-state index >= 15 is 0 Å². The molecule has 1 aromatic carbocycles. The van der Waals surface area contributed by atoms with E-state index in [1.54, 1.807) is 31.2 Å². The van der Waals surface area contributed by atoms with Crippen LogP contribution in [0.2, 0.25) is 0 Å². The summed E-state index contributed by atoms with van der Waals surface area (Å²) in [5, 5.41) is 8.74.